The van der Waals surface area contributed by atoms with Gasteiger partial charge in [0.1, 0.15) is 0 Å². The molecule has 0 aliphatic heterocycles. The number of carbonyl (C=O) groups excluding carboxylic acids is 1. The van der Waals surface area contributed by atoms with Crippen molar-refractivity contribution in [2.24, 2.45) is 5.73 Å². The Kier molecular flexibility index (Phi) is 4.03. The Balaban J connectivity index is 1.77. The number of rotatable bonds is 4. The third-order valence-corrected chi connectivity index (χ3v) is 4.08. The molecule has 5 heteroatoms. The lowest BCUT2D eigenvalue weighted by molar-refractivity contribution is 0.100. The fraction of sp³-hybridized carbons (Fsp3) is 0. The second-order valence-electron chi connectivity index (χ2n) is 5.85. The highest BCUT2D eigenvalue weighted by atomic mass is 16.1. The second-order valence-corrected chi connectivity index (χ2v) is 5.85. The maximum Gasteiger partial charge on any atom is 0.248 e. The summed E-state index contributed by atoms with van der Waals surface area (Å²) in [5.41, 5.74) is 9.27. The van der Waals surface area contributed by atoms with Crippen LogP contribution >= 0.6 is 0 Å². The van der Waals surface area contributed by atoms with E-state index in [0.717, 1.165) is 27.8 Å². The van der Waals surface area contributed by atoms with Crippen LogP contribution in [0.3, 0.4) is 0 Å². The van der Waals surface area contributed by atoms with Crippen LogP contribution in [0.5, 0.6) is 0 Å². The Labute approximate surface area is 150 Å². The van der Waals surface area contributed by atoms with Crippen molar-refractivity contribution in [3.8, 4) is 11.3 Å². The van der Waals surface area contributed by atoms with E-state index in [-0.39, 0.29) is 0 Å². The van der Waals surface area contributed by atoms with E-state index in [1.807, 2.05) is 54.6 Å². The van der Waals surface area contributed by atoms with Crippen molar-refractivity contribution in [1.29, 1.82) is 0 Å². The van der Waals surface area contributed by atoms with E-state index >= 15 is 0 Å². The minimum absolute atomic E-state index is 0.454. The molecule has 0 saturated heterocycles. The van der Waals surface area contributed by atoms with Crippen molar-refractivity contribution in [3.63, 3.8) is 0 Å². The number of primary amides is 1. The van der Waals surface area contributed by atoms with Crippen LogP contribution in [0, 0.1) is 0 Å². The first-order valence-electron chi connectivity index (χ1n) is 8.20. The quantitative estimate of drug-likeness (QED) is 0.585. The smallest absolute Gasteiger partial charge is 0.248 e. The van der Waals surface area contributed by atoms with Gasteiger partial charge in [0.15, 0.2) is 0 Å². The molecule has 0 spiro atoms. The molecule has 3 N–H and O–H groups in total. The van der Waals surface area contributed by atoms with Gasteiger partial charge in [-0.15, -0.1) is 0 Å². The minimum Gasteiger partial charge on any atom is -0.366 e. The molecule has 1 heterocycles. The Morgan fingerprint density at radius 1 is 0.808 bits per heavy atom. The van der Waals surface area contributed by atoms with Gasteiger partial charge in [-0.1, -0.05) is 48.5 Å². The number of anilines is 2. The third kappa shape index (κ3) is 3.10. The van der Waals surface area contributed by atoms with Crippen molar-refractivity contribution < 1.29 is 4.79 Å². The van der Waals surface area contributed by atoms with Gasteiger partial charge < -0.3 is 11.1 Å². The van der Waals surface area contributed by atoms with Gasteiger partial charge in [-0.25, -0.2) is 9.97 Å². The first-order chi connectivity index (χ1) is 12.7. The lowest BCUT2D eigenvalue weighted by Gasteiger charge is -2.10. The fourth-order valence-corrected chi connectivity index (χ4v) is 2.80. The molecule has 5 nitrogen and oxygen atoms in total. The first kappa shape index (κ1) is 15.8. The number of nitrogens with two attached hydrogens (primary N) is 1. The molecule has 0 fully saturated rings. The van der Waals surface area contributed by atoms with Gasteiger partial charge in [0, 0.05) is 22.2 Å². The van der Waals surface area contributed by atoms with E-state index in [1.54, 1.807) is 24.3 Å². The molecule has 26 heavy (non-hydrogen) atoms. The summed E-state index contributed by atoms with van der Waals surface area (Å²) in [6.07, 6.45) is 0. The van der Waals surface area contributed by atoms with Crippen molar-refractivity contribution >= 4 is 28.4 Å². The second kappa shape index (κ2) is 6.64. The largest absolute Gasteiger partial charge is 0.366 e. The monoisotopic (exact) mass is 340 g/mol. The van der Waals surface area contributed by atoms with Crippen LogP contribution in [0.1, 0.15) is 10.4 Å². The summed E-state index contributed by atoms with van der Waals surface area (Å²) >= 11 is 0. The highest BCUT2D eigenvalue weighted by Crippen LogP contribution is 2.28. The van der Waals surface area contributed by atoms with Crippen LogP contribution in [-0.4, -0.2) is 15.9 Å². The van der Waals surface area contributed by atoms with Crippen LogP contribution in [0.4, 0.5) is 11.6 Å². The molecular weight excluding hydrogens is 324 g/mol. The Morgan fingerprint density at radius 3 is 2.23 bits per heavy atom. The van der Waals surface area contributed by atoms with Crippen molar-refractivity contribution in [2.75, 3.05) is 5.32 Å². The zero-order valence-electron chi connectivity index (χ0n) is 13.9. The predicted octanol–water partition coefficient (Wildman–Crippen LogP) is 4.14. The summed E-state index contributed by atoms with van der Waals surface area (Å²) in [7, 11) is 0. The molecular formula is C21H16N4O. The molecule has 1 amide bonds. The van der Waals surface area contributed by atoms with Crippen LogP contribution in [0.2, 0.25) is 0 Å². The van der Waals surface area contributed by atoms with Crippen LogP contribution in [0.15, 0.2) is 78.9 Å². The molecule has 4 aromatic rings. The summed E-state index contributed by atoms with van der Waals surface area (Å²) in [6, 6.07) is 24.8. The van der Waals surface area contributed by atoms with Crippen LogP contribution in [-0.2, 0) is 0 Å². The van der Waals surface area contributed by atoms with Crippen molar-refractivity contribution in [1.82, 2.24) is 9.97 Å². The van der Waals surface area contributed by atoms with Gasteiger partial charge >= 0.3 is 0 Å². The number of hydrogen-bond donors (Lipinski definition) is 2. The number of amides is 1. The number of nitrogens with one attached hydrogen (secondary N) is 1. The molecule has 4 rings (SSSR count). The molecule has 3 aromatic carbocycles. The molecule has 0 bridgehead atoms. The summed E-state index contributed by atoms with van der Waals surface area (Å²) < 4.78 is 0. The Bertz CT molecular complexity index is 1080. The predicted molar refractivity (Wildman–Crippen MR) is 103 cm³/mol. The lowest BCUT2D eigenvalue weighted by Crippen LogP contribution is -2.10. The van der Waals surface area contributed by atoms with E-state index in [2.05, 4.69) is 10.3 Å². The fourth-order valence-electron chi connectivity index (χ4n) is 2.80. The summed E-state index contributed by atoms with van der Waals surface area (Å²) in [6.45, 7) is 0. The van der Waals surface area contributed by atoms with Gasteiger partial charge in [-0.3, -0.25) is 4.79 Å². The highest BCUT2D eigenvalue weighted by Gasteiger charge is 2.10. The summed E-state index contributed by atoms with van der Waals surface area (Å²) in [5.74, 6) is 0.0410. The van der Waals surface area contributed by atoms with E-state index < -0.39 is 5.91 Å². The first-order valence-corrected chi connectivity index (χ1v) is 8.20. The number of carbonyl (C=O) groups is 1. The number of aromatic nitrogens is 2. The lowest BCUT2D eigenvalue weighted by atomic mass is 10.1. The average Bonchev–Trinajstić information content (AvgIpc) is 2.68. The van der Waals surface area contributed by atoms with E-state index in [0.29, 0.717) is 11.5 Å². The van der Waals surface area contributed by atoms with Gasteiger partial charge in [0.2, 0.25) is 11.9 Å². The molecule has 0 aliphatic carbocycles. The van der Waals surface area contributed by atoms with E-state index in [1.165, 1.54) is 0 Å². The normalized spacial score (nSPS) is 10.6. The van der Waals surface area contributed by atoms with Crippen molar-refractivity contribution in [2.45, 2.75) is 0 Å². The molecule has 1 aromatic heterocycles. The zero-order chi connectivity index (χ0) is 17.9. The number of fused-ring (bicyclic) bond motifs is 1. The maximum atomic E-state index is 11.2. The molecule has 0 aliphatic rings. The number of hydrogen-bond acceptors (Lipinski definition) is 4. The SMILES string of the molecule is NC(=O)c1ccc(Nc2nc(-c3ccccc3)c3ccccc3n2)cc1. The molecule has 0 atom stereocenters. The maximum absolute atomic E-state index is 11.2. The summed E-state index contributed by atoms with van der Waals surface area (Å²) in [5, 5.41) is 4.19. The number of para-hydroxylation sites is 1. The molecule has 0 saturated carbocycles. The van der Waals surface area contributed by atoms with Crippen molar-refractivity contribution in [3.05, 3.63) is 84.4 Å². The molecule has 0 radical (unpaired) electrons. The number of benzene rings is 3. The van der Waals surface area contributed by atoms with Gasteiger partial charge in [-0.05, 0) is 30.3 Å². The minimum atomic E-state index is -0.454. The summed E-state index contributed by atoms with van der Waals surface area (Å²) in [4.78, 5) is 20.5. The van der Waals surface area contributed by atoms with E-state index in [9.17, 15) is 4.79 Å². The van der Waals surface area contributed by atoms with Gasteiger partial charge in [0.25, 0.3) is 0 Å². The molecule has 126 valence electrons. The van der Waals surface area contributed by atoms with Gasteiger partial charge in [0.05, 0.1) is 11.2 Å². The van der Waals surface area contributed by atoms with E-state index in [4.69, 9.17) is 10.7 Å². The van der Waals surface area contributed by atoms with Crippen LogP contribution in [0.25, 0.3) is 22.2 Å². The molecule has 0 unspecified atom stereocenters. The van der Waals surface area contributed by atoms with Gasteiger partial charge in [-0.2, -0.15) is 0 Å². The third-order valence-electron chi connectivity index (χ3n) is 4.08. The average molecular weight is 340 g/mol. The number of nitrogens with zero attached hydrogens (tertiary/aromatic N) is 2. The Morgan fingerprint density at radius 2 is 1.50 bits per heavy atom. The topological polar surface area (TPSA) is 80.9 Å². The van der Waals surface area contributed by atoms with Crippen LogP contribution < -0.4 is 11.1 Å². The highest BCUT2D eigenvalue weighted by molar-refractivity contribution is 5.94. The Hall–Kier alpha value is -3.73. The zero-order valence-corrected chi connectivity index (χ0v) is 13.9. The standard InChI is InChI=1S/C21H16N4O/c22-20(26)15-10-12-16(13-11-15)23-21-24-18-9-5-4-8-17(18)19(25-21)14-6-2-1-3-7-14/h1-13H,(H2,22,26)(H,23,24,25).